The van der Waals surface area contributed by atoms with E-state index in [1.807, 2.05) is 0 Å². The first-order valence-electron chi connectivity index (χ1n) is 5.49. The SMILES string of the molecule is O=c1oc2c(Cl)cc(Cl)cc2cc1-c1ccccn1. The molecule has 5 heteroatoms. The summed E-state index contributed by atoms with van der Waals surface area (Å²) in [5.74, 6) is 0. The molecular weight excluding hydrogens is 285 g/mol. The summed E-state index contributed by atoms with van der Waals surface area (Å²) < 4.78 is 5.25. The Morgan fingerprint density at radius 3 is 2.68 bits per heavy atom. The van der Waals surface area contributed by atoms with E-state index >= 15 is 0 Å². The number of nitrogens with zero attached hydrogens (tertiary/aromatic N) is 1. The van der Waals surface area contributed by atoms with Gasteiger partial charge in [0.2, 0.25) is 0 Å². The van der Waals surface area contributed by atoms with E-state index in [-0.39, 0.29) is 0 Å². The highest BCUT2D eigenvalue weighted by Gasteiger charge is 2.11. The van der Waals surface area contributed by atoms with E-state index in [1.165, 1.54) is 6.07 Å². The van der Waals surface area contributed by atoms with Crippen LogP contribution in [0.1, 0.15) is 0 Å². The van der Waals surface area contributed by atoms with Crippen molar-refractivity contribution in [2.45, 2.75) is 0 Å². The Bertz CT molecular complexity index is 813. The van der Waals surface area contributed by atoms with Crippen LogP contribution in [0.25, 0.3) is 22.2 Å². The Morgan fingerprint density at radius 2 is 1.95 bits per heavy atom. The summed E-state index contributed by atoms with van der Waals surface area (Å²) in [5, 5.41) is 1.46. The van der Waals surface area contributed by atoms with E-state index in [1.54, 1.807) is 36.5 Å². The smallest absolute Gasteiger partial charge is 0.345 e. The number of hydrogen-bond donors (Lipinski definition) is 0. The van der Waals surface area contributed by atoms with Crippen molar-refractivity contribution in [3.63, 3.8) is 0 Å². The van der Waals surface area contributed by atoms with Crippen molar-refractivity contribution in [1.82, 2.24) is 4.98 Å². The third-order valence-corrected chi connectivity index (χ3v) is 3.19. The van der Waals surface area contributed by atoms with E-state index in [4.69, 9.17) is 27.6 Å². The summed E-state index contributed by atoms with van der Waals surface area (Å²) in [4.78, 5) is 16.1. The molecule has 0 fully saturated rings. The van der Waals surface area contributed by atoms with E-state index in [2.05, 4.69) is 4.98 Å². The fourth-order valence-corrected chi connectivity index (χ4v) is 2.41. The molecule has 0 unspecified atom stereocenters. The van der Waals surface area contributed by atoms with Crippen molar-refractivity contribution in [2.75, 3.05) is 0 Å². The number of rotatable bonds is 1. The minimum Gasteiger partial charge on any atom is -0.421 e. The molecule has 0 aliphatic heterocycles. The van der Waals surface area contributed by atoms with Crippen molar-refractivity contribution in [3.05, 3.63) is 63.1 Å². The zero-order valence-electron chi connectivity index (χ0n) is 9.56. The van der Waals surface area contributed by atoms with Crippen molar-refractivity contribution < 1.29 is 4.42 Å². The summed E-state index contributed by atoms with van der Waals surface area (Å²) in [7, 11) is 0. The van der Waals surface area contributed by atoms with Gasteiger partial charge in [0, 0.05) is 16.6 Å². The standard InChI is InChI=1S/C14H7Cl2NO2/c15-9-5-8-6-10(12-3-1-2-4-17-12)14(18)19-13(8)11(16)7-9/h1-7H. The maximum absolute atomic E-state index is 12.0. The first-order valence-corrected chi connectivity index (χ1v) is 6.25. The molecule has 0 bridgehead atoms. The molecule has 1 aromatic carbocycles. The largest absolute Gasteiger partial charge is 0.421 e. The lowest BCUT2D eigenvalue weighted by molar-refractivity contribution is 0.563. The Labute approximate surface area is 118 Å². The molecule has 3 nitrogen and oxygen atoms in total. The summed E-state index contributed by atoms with van der Waals surface area (Å²) in [6.07, 6.45) is 1.62. The van der Waals surface area contributed by atoms with Gasteiger partial charge >= 0.3 is 5.63 Å². The fraction of sp³-hybridized carbons (Fsp3) is 0. The van der Waals surface area contributed by atoms with Crippen LogP contribution < -0.4 is 5.63 Å². The molecule has 0 radical (unpaired) electrons. The first-order chi connectivity index (χ1) is 9.15. The van der Waals surface area contributed by atoms with E-state index in [0.717, 1.165) is 0 Å². The van der Waals surface area contributed by atoms with Crippen molar-refractivity contribution in [3.8, 4) is 11.3 Å². The molecular formula is C14H7Cl2NO2. The Morgan fingerprint density at radius 1 is 1.11 bits per heavy atom. The van der Waals surface area contributed by atoms with E-state index < -0.39 is 5.63 Å². The van der Waals surface area contributed by atoms with Crippen LogP contribution in [0.5, 0.6) is 0 Å². The number of pyridine rings is 1. The molecule has 0 atom stereocenters. The quantitative estimate of drug-likeness (QED) is 0.632. The lowest BCUT2D eigenvalue weighted by Gasteiger charge is -2.03. The zero-order valence-corrected chi connectivity index (χ0v) is 11.1. The Hall–Kier alpha value is -1.84. The second-order valence-electron chi connectivity index (χ2n) is 3.97. The molecule has 3 aromatic rings. The second kappa shape index (κ2) is 4.68. The van der Waals surface area contributed by atoms with Gasteiger partial charge in [-0.1, -0.05) is 29.3 Å². The van der Waals surface area contributed by atoms with Gasteiger partial charge in [0.1, 0.15) is 0 Å². The van der Waals surface area contributed by atoms with Crippen LogP contribution in [0.4, 0.5) is 0 Å². The fourth-order valence-electron chi connectivity index (χ4n) is 1.86. The van der Waals surface area contributed by atoms with Crippen LogP contribution in [0.15, 0.2) is 51.8 Å². The molecule has 0 N–H and O–H groups in total. The predicted molar refractivity (Wildman–Crippen MR) is 75.7 cm³/mol. The van der Waals surface area contributed by atoms with Crippen LogP contribution in [-0.4, -0.2) is 4.98 Å². The number of benzene rings is 1. The lowest BCUT2D eigenvalue weighted by Crippen LogP contribution is -2.03. The molecule has 0 aliphatic rings. The number of hydrogen-bond acceptors (Lipinski definition) is 3. The van der Waals surface area contributed by atoms with Crippen molar-refractivity contribution in [1.29, 1.82) is 0 Å². The third kappa shape index (κ3) is 2.23. The average Bonchev–Trinajstić information content (AvgIpc) is 2.40. The van der Waals surface area contributed by atoms with Gasteiger partial charge in [0.15, 0.2) is 5.58 Å². The van der Waals surface area contributed by atoms with Gasteiger partial charge in [-0.3, -0.25) is 4.98 Å². The van der Waals surface area contributed by atoms with Crippen LogP contribution >= 0.6 is 23.2 Å². The van der Waals surface area contributed by atoms with E-state index in [9.17, 15) is 4.79 Å². The molecule has 94 valence electrons. The van der Waals surface area contributed by atoms with Crippen LogP contribution in [-0.2, 0) is 0 Å². The molecule has 2 heterocycles. The minimum absolute atomic E-state index is 0.312. The molecule has 0 saturated carbocycles. The molecule has 3 rings (SSSR count). The van der Waals surface area contributed by atoms with Crippen molar-refractivity contribution >= 4 is 34.2 Å². The first kappa shape index (κ1) is 12.2. The number of aromatic nitrogens is 1. The molecule has 0 spiro atoms. The average molecular weight is 292 g/mol. The highest BCUT2D eigenvalue weighted by molar-refractivity contribution is 6.38. The van der Waals surface area contributed by atoms with Gasteiger partial charge in [-0.2, -0.15) is 0 Å². The maximum Gasteiger partial charge on any atom is 0.345 e. The van der Waals surface area contributed by atoms with Gasteiger partial charge < -0.3 is 4.42 Å². The van der Waals surface area contributed by atoms with Crippen molar-refractivity contribution in [2.24, 2.45) is 0 Å². The zero-order chi connectivity index (χ0) is 13.4. The molecule has 19 heavy (non-hydrogen) atoms. The normalized spacial score (nSPS) is 10.8. The highest BCUT2D eigenvalue weighted by Crippen LogP contribution is 2.28. The lowest BCUT2D eigenvalue weighted by atomic mass is 10.1. The summed E-state index contributed by atoms with van der Waals surface area (Å²) in [6.45, 7) is 0. The summed E-state index contributed by atoms with van der Waals surface area (Å²) in [5.41, 5.74) is 0.784. The predicted octanol–water partition coefficient (Wildman–Crippen LogP) is 4.16. The third-order valence-electron chi connectivity index (χ3n) is 2.69. The molecule has 0 amide bonds. The van der Waals surface area contributed by atoms with Gasteiger partial charge in [-0.05, 0) is 30.3 Å². The second-order valence-corrected chi connectivity index (χ2v) is 4.81. The minimum atomic E-state index is -0.476. The molecule has 0 saturated heterocycles. The molecule has 2 aromatic heterocycles. The summed E-state index contributed by atoms with van der Waals surface area (Å²) >= 11 is 11.9. The van der Waals surface area contributed by atoms with Gasteiger partial charge in [-0.15, -0.1) is 0 Å². The van der Waals surface area contributed by atoms with E-state index in [0.29, 0.717) is 32.3 Å². The molecule has 0 aliphatic carbocycles. The number of fused-ring (bicyclic) bond motifs is 1. The van der Waals surface area contributed by atoms with Gasteiger partial charge in [-0.25, -0.2) is 4.79 Å². The topological polar surface area (TPSA) is 43.1 Å². The van der Waals surface area contributed by atoms with Gasteiger partial charge in [0.05, 0.1) is 16.3 Å². The van der Waals surface area contributed by atoms with Gasteiger partial charge in [0.25, 0.3) is 0 Å². The Balaban J connectivity index is 2.34. The van der Waals surface area contributed by atoms with Crippen LogP contribution in [0.3, 0.4) is 0 Å². The van der Waals surface area contributed by atoms with Crippen LogP contribution in [0.2, 0.25) is 10.0 Å². The summed E-state index contributed by atoms with van der Waals surface area (Å²) in [6, 6.07) is 10.2. The highest BCUT2D eigenvalue weighted by atomic mass is 35.5. The monoisotopic (exact) mass is 291 g/mol. The number of halogens is 2. The maximum atomic E-state index is 12.0. The Kier molecular flexibility index (Phi) is 3.01. The van der Waals surface area contributed by atoms with Crippen LogP contribution in [0, 0.1) is 0 Å².